The first-order valence-electron chi connectivity index (χ1n) is 6.41. The van der Waals surface area contributed by atoms with E-state index in [4.69, 9.17) is 9.47 Å². The molecule has 1 aromatic carbocycles. The Morgan fingerprint density at radius 1 is 1.42 bits per heavy atom. The van der Waals surface area contributed by atoms with Crippen LogP contribution in [0, 0.1) is 0 Å². The van der Waals surface area contributed by atoms with Gasteiger partial charge in [0.15, 0.2) is 0 Å². The van der Waals surface area contributed by atoms with Crippen molar-refractivity contribution in [2.45, 2.75) is 6.10 Å². The van der Waals surface area contributed by atoms with Gasteiger partial charge in [0, 0.05) is 32.4 Å². The predicted octanol–water partition coefficient (Wildman–Crippen LogP) is 1.87. The van der Waals surface area contributed by atoms with E-state index < -0.39 is 0 Å². The second kappa shape index (κ2) is 5.42. The number of aryl methyl sites for hydroxylation is 1. The van der Waals surface area contributed by atoms with Crippen molar-refractivity contribution in [1.29, 1.82) is 0 Å². The summed E-state index contributed by atoms with van der Waals surface area (Å²) in [6.07, 6.45) is 1.95. The van der Waals surface area contributed by atoms with Crippen LogP contribution in [0.15, 0.2) is 36.5 Å². The Morgan fingerprint density at radius 3 is 3.11 bits per heavy atom. The molecule has 1 saturated heterocycles. The molecule has 2 aromatic rings. The highest BCUT2D eigenvalue weighted by Gasteiger charge is 2.16. The number of hydrogen-bond acceptors (Lipinski definition) is 4. The monoisotopic (exact) mass is 259 g/mol. The fourth-order valence-electron chi connectivity index (χ4n) is 2.13. The quantitative estimate of drug-likeness (QED) is 0.914. The van der Waals surface area contributed by atoms with Gasteiger partial charge in [-0.3, -0.25) is 4.68 Å². The molecule has 2 heterocycles. The molecule has 1 aromatic heterocycles. The minimum atomic E-state index is 0.0982. The molecule has 0 aliphatic carbocycles. The van der Waals surface area contributed by atoms with Crippen molar-refractivity contribution in [3.8, 4) is 11.6 Å². The zero-order valence-electron chi connectivity index (χ0n) is 10.9. The van der Waals surface area contributed by atoms with Gasteiger partial charge in [0.25, 0.3) is 0 Å². The van der Waals surface area contributed by atoms with Crippen molar-refractivity contribution in [2.24, 2.45) is 7.05 Å². The maximum Gasteiger partial charge on any atom is 0.238 e. The van der Waals surface area contributed by atoms with Crippen molar-refractivity contribution < 1.29 is 9.47 Å². The molecule has 1 atom stereocenters. The average Bonchev–Trinajstić information content (AvgIpc) is 2.85. The third-order valence-electron chi connectivity index (χ3n) is 3.07. The maximum atomic E-state index is 5.74. The second-order valence-corrected chi connectivity index (χ2v) is 4.57. The van der Waals surface area contributed by atoms with Crippen LogP contribution < -0.4 is 10.1 Å². The molecule has 0 amide bonds. The molecule has 1 fully saturated rings. The summed E-state index contributed by atoms with van der Waals surface area (Å²) < 4.78 is 13.2. The third kappa shape index (κ3) is 2.94. The van der Waals surface area contributed by atoms with E-state index in [0.717, 1.165) is 31.0 Å². The first kappa shape index (κ1) is 12.2. The second-order valence-electron chi connectivity index (χ2n) is 4.57. The molecule has 5 heteroatoms. The number of benzene rings is 1. The van der Waals surface area contributed by atoms with Crippen molar-refractivity contribution in [1.82, 2.24) is 15.1 Å². The Hall–Kier alpha value is -1.85. The SMILES string of the molecule is Cn1ccc(Oc2cccc([C@@H]3CNCCO3)c2)n1. The number of aromatic nitrogens is 2. The zero-order chi connectivity index (χ0) is 13.1. The van der Waals surface area contributed by atoms with Crippen molar-refractivity contribution >= 4 is 0 Å². The molecule has 0 unspecified atom stereocenters. The van der Waals surface area contributed by atoms with Gasteiger partial charge < -0.3 is 14.8 Å². The normalized spacial score (nSPS) is 19.3. The third-order valence-corrected chi connectivity index (χ3v) is 3.07. The van der Waals surface area contributed by atoms with Crippen LogP contribution in [0.1, 0.15) is 11.7 Å². The first-order valence-corrected chi connectivity index (χ1v) is 6.41. The summed E-state index contributed by atoms with van der Waals surface area (Å²) in [5.41, 5.74) is 1.13. The van der Waals surface area contributed by atoms with Crippen LogP contribution >= 0.6 is 0 Å². The summed E-state index contributed by atoms with van der Waals surface area (Å²) >= 11 is 0. The Morgan fingerprint density at radius 2 is 2.37 bits per heavy atom. The van der Waals surface area contributed by atoms with E-state index in [9.17, 15) is 0 Å². The van der Waals surface area contributed by atoms with Crippen LogP contribution in [-0.2, 0) is 11.8 Å². The number of nitrogens with one attached hydrogen (secondary N) is 1. The number of hydrogen-bond donors (Lipinski definition) is 1. The summed E-state index contributed by atoms with van der Waals surface area (Å²) in [5.74, 6) is 1.38. The zero-order valence-corrected chi connectivity index (χ0v) is 10.9. The molecule has 0 spiro atoms. The fraction of sp³-hybridized carbons (Fsp3) is 0.357. The van der Waals surface area contributed by atoms with Gasteiger partial charge in [0.05, 0.1) is 12.7 Å². The lowest BCUT2D eigenvalue weighted by Crippen LogP contribution is -2.33. The summed E-state index contributed by atoms with van der Waals surface area (Å²) in [7, 11) is 1.87. The first-order chi connectivity index (χ1) is 9.31. The van der Waals surface area contributed by atoms with Crippen molar-refractivity contribution in [3.05, 3.63) is 42.1 Å². The molecule has 100 valence electrons. The number of morpholine rings is 1. The fourth-order valence-corrected chi connectivity index (χ4v) is 2.13. The minimum Gasteiger partial charge on any atom is -0.438 e. The highest BCUT2D eigenvalue weighted by molar-refractivity contribution is 5.32. The van der Waals surface area contributed by atoms with E-state index in [0.29, 0.717) is 5.88 Å². The molecule has 19 heavy (non-hydrogen) atoms. The molecule has 5 nitrogen and oxygen atoms in total. The summed E-state index contributed by atoms with van der Waals surface area (Å²) in [5, 5.41) is 7.52. The van der Waals surface area contributed by atoms with E-state index in [1.54, 1.807) is 4.68 Å². The number of nitrogens with zero attached hydrogens (tertiary/aromatic N) is 2. The molecule has 1 aliphatic heterocycles. The molecule has 1 N–H and O–H groups in total. The lowest BCUT2D eigenvalue weighted by atomic mass is 10.1. The van der Waals surface area contributed by atoms with Crippen LogP contribution in [0.5, 0.6) is 11.6 Å². The van der Waals surface area contributed by atoms with Gasteiger partial charge in [-0.2, -0.15) is 0 Å². The van der Waals surface area contributed by atoms with Gasteiger partial charge in [-0.25, -0.2) is 0 Å². The molecule has 0 radical (unpaired) electrons. The standard InChI is InChI=1S/C14H17N3O2/c1-17-7-5-14(16-17)19-12-4-2-3-11(9-12)13-10-15-6-8-18-13/h2-5,7,9,13,15H,6,8,10H2,1H3/t13-/m0/s1. The van der Waals surface area contributed by atoms with Crippen LogP contribution in [0.4, 0.5) is 0 Å². The largest absolute Gasteiger partial charge is 0.438 e. The minimum absolute atomic E-state index is 0.0982. The Labute approximate surface area is 112 Å². The molecular formula is C14H17N3O2. The van der Waals surface area contributed by atoms with Crippen LogP contribution in [0.2, 0.25) is 0 Å². The van der Waals surface area contributed by atoms with Gasteiger partial charge in [0.2, 0.25) is 5.88 Å². The van der Waals surface area contributed by atoms with Gasteiger partial charge in [-0.15, -0.1) is 5.10 Å². The van der Waals surface area contributed by atoms with Crippen LogP contribution in [0.3, 0.4) is 0 Å². The molecule has 1 aliphatic rings. The predicted molar refractivity (Wildman–Crippen MR) is 71.3 cm³/mol. The van der Waals surface area contributed by atoms with Crippen molar-refractivity contribution in [3.63, 3.8) is 0 Å². The number of rotatable bonds is 3. The Balaban J connectivity index is 1.75. The van der Waals surface area contributed by atoms with E-state index in [-0.39, 0.29) is 6.10 Å². The maximum absolute atomic E-state index is 5.74. The topological polar surface area (TPSA) is 48.3 Å². The van der Waals surface area contributed by atoms with Gasteiger partial charge in [-0.1, -0.05) is 12.1 Å². The van der Waals surface area contributed by atoms with Crippen molar-refractivity contribution in [2.75, 3.05) is 19.7 Å². The smallest absolute Gasteiger partial charge is 0.238 e. The van der Waals surface area contributed by atoms with Gasteiger partial charge in [-0.05, 0) is 17.7 Å². The van der Waals surface area contributed by atoms with E-state index >= 15 is 0 Å². The van der Waals surface area contributed by atoms with Gasteiger partial charge >= 0.3 is 0 Å². The van der Waals surface area contributed by atoms with E-state index in [1.165, 1.54) is 0 Å². The summed E-state index contributed by atoms with van der Waals surface area (Å²) in [4.78, 5) is 0. The van der Waals surface area contributed by atoms with Gasteiger partial charge in [0.1, 0.15) is 5.75 Å². The Bertz CT molecular complexity index is 547. The van der Waals surface area contributed by atoms with Crippen LogP contribution in [-0.4, -0.2) is 29.5 Å². The van der Waals surface area contributed by atoms with E-state index in [1.807, 2.05) is 37.5 Å². The lowest BCUT2D eigenvalue weighted by Gasteiger charge is -2.24. The summed E-state index contributed by atoms with van der Waals surface area (Å²) in [6, 6.07) is 9.81. The average molecular weight is 259 g/mol. The molecular weight excluding hydrogens is 242 g/mol. The van der Waals surface area contributed by atoms with E-state index in [2.05, 4.69) is 16.5 Å². The summed E-state index contributed by atoms with van der Waals surface area (Å²) in [6.45, 7) is 2.50. The highest BCUT2D eigenvalue weighted by atomic mass is 16.5. The molecule has 3 rings (SSSR count). The Kier molecular flexibility index (Phi) is 3.48. The molecule has 0 bridgehead atoms. The van der Waals surface area contributed by atoms with Crippen LogP contribution in [0.25, 0.3) is 0 Å². The number of ether oxygens (including phenoxy) is 2. The lowest BCUT2D eigenvalue weighted by molar-refractivity contribution is 0.0276. The highest BCUT2D eigenvalue weighted by Crippen LogP contribution is 2.25. The molecule has 0 saturated carbocycles.